The number of fused-ring (bicyclic) bond motifs is 3. The molecule has 0 bridgehead atoms. The van der Waals surface area contributed by atoms with Gasteiger partial charge in [0.1, 0.15) is 29.0 Å². The summed E-state index contributed by atoms with van der Waals surface area (Å²) in [6.45, 7) is 13.4. The summed E-state index contributed by atoms with van der Waals surface area (Å²) in [5.74, 6) is -1.38. The van der Waals surface area contributed by atoms with E-state index in [0.29, 0.717) is 22.9 Å². The Kier molecular flexibility index (Phi) is 12.5. The molecule has 6 aromatic rings. The third kappa shape index (κ3) is 8.64. The standard InChI is InChI=1S/C48H50N8O6S2/c1-24(2)41(47(62)55-22-36(57)20-38(55)46(61)50-26(4)30-8-16-34(17-9-30)43-27(5)49-23-63-43)52-45(60)35-18-12-32(13-19-35)31-10-14-33(15-11-31)42-40-25(3)28(6)64-48(40)56-29(7)53-54-44(56)37(51-42)21-39(58)59/h8-19,23-24,26,36-38,41,57H,20-22H2,1-7H3,(H,50,61)(H,52,60)(H,58,59)/t26-,36+,37-,38-,41-/m0/s1. The minimum Gasteiger partial charge on any atom is -0.481 e. The molecule has 5 heterocycles. The number of likely N-dealkylation sites (tertiary alicyclic amines) is 1. The molecule has 0 aliphatic carbocycles. The van der Waals surface area contributed by atoms with Crippen LogP contribution in [0.25, 0.3) is 26.6 Å². The fourth-order valence-corrected chi connectivity index (χ4v) is 10.5. The molecule has 16 heteroatoms. The highest BCUT2D eigenvalue weighted by molar-refractivity contribution is 7.15. The molecule has 1 fully saturated rings. The van der Waals surface area contributed by atoms with E-state index in [0.717, 1.165) is 59.4 Å². The van der Waals surface area contributed by atoms with E-state index in [1.807, 2.05) is 112 Å². The van der Waals surface area contributed by atoms with Crippen LogP contribution in [0.15, 0.2) is 83.3 Å². The van der Waals surface area contributed by atoms with Crippen LogP contribution >= 0.6 is 22.7 Å². The van der Waals surface area contributed by atoms with E-state index < -0.39 is 42.0 Å². The number of nitrogens with one attached hydrogen (secondary N) is 2. The first-order valence-electron chi connectivity index (χ1n) is 21.2. The molecule has 14 nitrogen and oxygen atoms in total. The number of aromatic nitrogens is 4. The van der Waals surface area contributed by atoms with Gasteiger partial charge in [-0.05, 0) is 80.5 Å². The van der Waals surface area contributed by atoms with Crippen molar-refractivity contribution in [1.82, 2.24) is 35.3 Å². The molecule has 3 amide bonds. The Morgan fingerprint density at radius 1 is 0.844 bits per heavy atom. The quantitative estimate of drug-likeness (QED) is 0.0975. The predicted molar refractivity (Wildman–Crippen MR) is 247 cm³/mol. The highest BCUT2D eigenvalue weighted by atomic mass is 32.1. The number of amides is 3. The molecule has 0 unspecified atom stereocenters. The molecule has 8 rings (SSSR count). The van der Waals surface area contributed by atoms with E-state index in [9.17, 15) is 29.4 Å². The van der Waals surface area contributed by atoms with Gasteiger partial charge in [0.25, 0.3) is 5.91 Å². The van der Waals surface area contributed by atoms with E-state index in [4.69, 9.17) is 4.99 Å². The molecule has 0 saturated carbocycles. The summed E-state index contributed by atoms with van der Waals surface area (Å²) in [4.78, 5) is 66.5. The van der Waals surface area contributed by atoms with E-state index in [2.05, 4.69) is 32.7 Å². The van der Waals surface area contributed by atoms with Crippen LogP contribution in [0.2, 0.25) is 0 Å². The minimum atomic E-state index is -0.982. The first kappa shape index (κ1) is 44.3. The molecule has 5 atom stereocenters. The fraction of sp³-hybridized carbons (Fsp3) is 0.333. The summed E-state index contributed by atoms with van der Waals surface area (Å²) in [7, 11) is 0. The number of nitrogens with zero attached hydrogens (tertiary/aromatic N) is 6. The number of hydrogen-bond donors (Lipinski definition) is 4. The topological polar surface area (TPSA) is 192 Å². The lowest BCUT2D eigenvalue weighted by atomic mass is 9.96. The van der Waals surface area contributed by atoms with Crippen LogP contribution in [-0.2, 0) is 14.4 Å². The molecular weight excluding hydrogens is 849 g/mol. The highest BCUT2D eigenvalue weighted by Crippen LogP contribution is 2.40. The van der Waals surface area contributed by atoms with E-state index in [1.54, 1.807) is 34.8 Å². The second kappa shape index (κ2) is 18.0. The number of carboxylic acids is 1. The van der Waals surface area contributed by atoms with Crippen LogP contribution in [0.5, 0.6) is 0 Å². The van der Waals surface area contributed by atoms with Crippen LogP contribution in [0.3, 0.4) is 0 Å². The first-order valence-corrected chi connectivity index (χ1v) is 22.9. The van der Waals surface area contributed by atoms with Crippen molar-refractivity contribution in [2.75, 3.05) is 6.54 Å². The Morgan fingerprint density at radius 3 is 2.11 bits per heavy atom. The molecular formula is C48H50N8O6S2. The zero-order chi connectivity index (χ0) is 45.6. The summed E-state index contributed by atoms with van der Waals surface area (Å²) in [5, 5.41) is 36.0. The maximum absolute atomic E-state index is 14.1. The van der Waals surface area contributed by atoms with Gasteiger partial charge in [-0.2, -0.15) is 0 Å². The van der Waals surface area contributed by atoms with Gasteiger partial charge in [-0.1, -0.05) is 74.5 Å². The summed E-state index contributed by atoms with van der Waals surface area (Å²) < 4.78 is 1.93. The van der Waals surface area contributed by atoms with Crippen molar-refractivity contribution >= 4 is 52.1 Å². The molecule has 0 spiro atoms. The maximum atomic E-state index is 14.1. The van der Waals surface area contributed by atoms with E-state index >= 15 is 0 Å². The molecule has 2 aliphatic heterocycles. The summed E-state index contributed by atoms with van der Waals surface area (Å²) in [6, 6.07) is 20.0. The molecule has 4 N–H and O–H groups in total. The van der Waals surface area contributed by atoms with E-state index in [1.165, 1.54) is 4.90 Å². The number of aliphatic imine (C=N–C) groups is 1. The number of thiophene rings is 1. The van der Waals surface area contributed by atoms with Crippen molar-refractivity contribution in [3.8, 4) is 26.6 Å². The second-order valence-electron chi connectivity index (χ2n) is 16.9. The van der Waals surface area contributed by atoms with Gasteiger partial charge in [0, 0.05) is 34.5 Å². The number of carbonyl (C=O) groups is 4. The molecule has 2 aliphatic rings. The molecule has 1 saturated heterocycles. The average molecular weight is 899 g/mol. The molecule has 0 radical (unpaired) electrons. The maximum Gasteiger partial charge on any atom is 0.306 e. The summed E-state index contributed by atoms with van der Waals surface area (Å²) >= 11 is 3.18. The van der Waals surface area contributed by atoms with Gasteiger partial charge in [-0.15, -0.1) is 32.9 Å². The number of β-amino-alcohol motifs (C(OH)–C–C–N with tert-alkyl or cyclic N) is 1. The van der Waals surface area contributed by atoms with Gasteiger partial charge >= 0.3 is 5.97 Å². The summed E-state index contributed by atoms with van der Waals surface area (Å²) in [6.07, 6.45) is -1.03. The first-order chi connectivity index (χ1) is 30.6. The lowest BCUT2D eigenvalue weighted by Gasteiger charge is -2.31. The Hall–Kier alpha value is -6.36. The van der Waals surface area contributed by atoms with Gasteiger partial charge in [0.2, 0.25) is 11.8 Å². The minimum absolute atomic E-state index is 0.0209. The Balaban J connectivity index is 0.948. The van der Waals surface area contributed by atoms with Crippen LogP contribution in [-0.4, -0.2) is 89.0 Å². The van der Waals surface area contributed by atoms with Crippen LogP contribution in [0.1, 0.15) is 101 Å². The van der Waals surface area contributed by atoms with Gasteiger partial charge < -0.3 is 25.7 Å². The number of hydrogen-bond acceptors (Lipinski definition) is 11. The van der Waals surface area contributed by atoms with E-state index in [-0.39, 0.29) is 37.3 Å². The Morgan fingerprint density at radius 2 is 1.48 bits per heavy atom. The summed E-state index contributed by atoms with van der Waals surface area (Å²) in [5.41, 5.74) is 10.3. The molecule has 3 aromatic heterocycles. The van der Waals surface area contributed by atoms with Gasteiger partial charge in [-0.3, -0.25) is 28.7 Å². The van der Waals surface area contributed by atoms with Crippen molar-refractivity contribution in [3.63, 3.8) is 0 Å². The van der Waals surface area contributed by atoms with Gasteiger partial charge in [0.15, 0.2) is 5.82 Å². The number of benzene rings is 3. The number of aliphatic hydroxyl groups is 1. The largest absolute Gasteiger partial charge is 0.481 e. The third-order valence-electron chi connectivity index (χ3n) is 12.1. The molecule has 3 aromatic carbocycles. The zero-order valence-corrected chi connectivity index (χ0v) is 38.3. The smallest absolute Gasteiger partial charge is 0.306 e. The number of aliphatic hydroxyl groups excluding tert-OH is 1. The van der Waals surface area contributed by atoms with Crippen molar-refractivity contribution in [3.05, 3.63) is 128 Å². The van der Waals surface area contributed by atoms with Crippen molar-refractivity contribution < 1.29 is 29.4 Å². The fourth-order valence-electron chi connectivity index (χ4n) is 8.44. The number of rotatable bonds is 12. The number of aryl methyl sites for hydroxylation is 3. The average Bonchev–Trinajstić information content (AvgIpc) is 4.04. The SMILES string of the molecule is Cc1ncsc1-c1ccc([C@H](C)NC(=O)[C@@H]2C[C@@H](O)CN2C(=O)[C@@H](NC(=O)c2ccc(-c3ccc(C4=N[C@@H](CC(=O)O)c5nnc(C)n5-c5sc(C)c(C)c54)cc3)cc2)C(C)C)cc1. The highest BCUT2D eigenvalue weighted by Gasteiger charge is 2.42. The lowest BCUT2D eigenvalue weighted by Crippen LogP contribution is -2.55. The number of thiazole rings is 1. The van der Waals surface area contributed by atoms with Crippen LogP contribution in [0, 0.1) is 33.6 Å². The van der Waals surface area contributed by atoms with Crippen LogP contribution in [0.4, 0.5) is 0 Å². The van der Waals surface area contributed by atoms with Gasteiger partial charge in [-0.25, -0.2) is 4.98 Å². The van der Waals surface area contributed by atoms with Crippen molar-refractivity contribution in [1.29, 1.82) is 0 Å². The normalized spacial score (nSPS) is 17.9. The third-order valence-corrected chi connectivity index (χ3v) is 14.3. The number of aliphatic carboxylic acids is 1. The van der Waals surface area contributed by atoms with Gasteiger partial charge in [0.05, 0.1) is 40.4 Å². The zero-order valence-electron chi connectivity index (χ0n) is 36.6. The second-order valence-corrected chi connectivity index (χ2v) is 18.9. The lowest BCUT2D eigenvalue weighted by molar-refractivity contribution is -0.141. The number of carboxylic acid groups (broad SMARTS) is 1. The Bertz CT molecular complexity index is 2770. The molecule has 330 valence electrons. The predicted octanol–water partition coefficient (Wildman–Crippen LogP) is 7.31. The Labute approximate surface area is 379 Å². The molecule has 64 heavy (non-hydrogen) atoms. The monoisotopic (exact) mass is 898 g/mol. The number of carbonyl (C=O) groups excluding carboxylic acids is 3. The van der Waals surface area contributed by atoms with Crippen molar-refractivity contribution in [2.45, 2.75) is 91.6 Å². The van der Waals surface area contributed by atoms with Crippen LogP contribution < -0.4 is 10.6 Å². The van der Waals surface area contributed by atoms with Crippen molar-refractivity contribution in [2.24, 2.45) is 10.9 Å².